The van der Waals surface area contributed by atoms with Gasteiger partial charge in [-0.1, -0.05) is 26.7 Å². The van der Waals surface area contributed by atoms with E-state index in [0.717, 1.165) is 18.7 Å². The fourth-order valence-corrected chi connectivity index (χ4v) is 4.00. The molecule has 0 atom stereocenters. The molecular formula is C16H24N4. The number of aromatic nitrogens is 3. The molecule has 108 valence electrons. The van der Waals surface area contributed by atoms with Gasteiger partial charge in [-0.05, 0) is 18.4 Å². The summed E-state index contributed by atoms with van der Waals surface area (Å²) in [6, 6.07) is 0. The van der Waals surface area contributed by atoms with Crippen molar-refractivity contribution in [2.75, 3.05) is 6.54 Å². The number of aryl methyl sites for hydroxylation is 1. The van der Waals surface area contributed by atoms with Gasteiger partial charge < -0.3 is 9.88 Å². The van der Waals surface area contributed by atoms with Crippen molar-refractivity contribution in [3.63, 3.8) is 0 Å². The van der Waals surface area contributed by atoms with Crippen molar-refractivity contribution in [2.45, 2.75) is 51.5 Å². The van der Waals surface area contributed by atoms with Crippen LogP contribution in [-0.4, -0.2) is 21.1 Å². The topological polar surface area (TPSA) is 42.7 Å². The minimum Gasteiger partial charge on any atom is -0.331 e. The highest BCUT2D eigenvalue weighted by atomic mass is 15.1. The highest BCUT2D eigenvalue weighted by Gasteiger charge is 2.42. The summed E-state index contributed by atoms with van der Waals surface area (Å²) >= 11 is 0. The zero-order chi connectivity index (χ0) is 14.2. The molecule has 0 unspecified atom stereocenters. The van der Waals surface area contributed by atoms with Crippen molar-refractivity contribution in [1.82, 2.24) is 19.9 Å². The Morgan fingerprint density at radius 2 is 2.00 bits per heavy atom. The molecule has 1 aliphatic carbocycles. The molecular weight excluding hydrogens is 248 g/mol. The Labute approximate surface area is 120 Å². The van der Waals surface area contributed by atoms with Crippen LogP contribution < -0.4 is 5.32 Å². The van der Waals surface area contributed by atoms with Gasteiger partial charge in [0, 0.05) is 42.8 Å². The Kier molecular flexibility index (Phi) is 3.50. The van der Waals surface area contributed by atoms with Crippen molar-refractivity contribution < 1.29 is 0 Å². The van der Waals surface area contributed by atoms with E-state index in [1.807, 2.05) is 20.0 Å². The third-order valence-corrected chi connectivity index (χ3v) is 4.82. The Balaban J connectivity index is 0.000000581. The lowest BCUT2D eigenvalue weighted by atomic mass is 9.75. The van der Waals surface area contributed by atoms with Crippen molar-refractivity contribution >= 4 is 11.0 Å². The van der Waals surface area contributed by atoms with E-state index in [9.17, 15) is 0 Å². The SMILES string of the molecule is CC.Cn1c2c(c3cncnc31)C1(CCCC1)CNC2. The average molecular weight is 272 g/mol. The number of nitrogens with one attached hydrogen (secondary N) is 1. The van der Waals surface area contributed by atoms with Crippen LogP contribution >= 0.6 is 0 Å². The second kappa shape index (κ2) is 5.17. The summed E-state index contributed by atoms with van der Waals surface area (Å²) in [6.07, 6.45) is 8.98. The van der Waals surface area contributed by atoms with Crippen molar-refractivity contribution in [3.8, 4) is 0 Å². The largest absolute Gasteiger partial charge is 0.331 e. The Morgan fingerprint density at radius 1 is 1.25 bits per heavy atom. The van der Waals surface area contributed by atoms with Gasteiger partial charge in [0.25, 0.3) is 0 Å². The predicted octanol–water partition coefficient (Wildman–Crippen LogP) is 2.91. The molecule has 0 radical (unpaired) electrons. The fraction of sp³-hybridized carbons (Fsp3) is 0.625. The molecule has 4 rings (SSSR count). The molecule has 1 saturated carbocycles. The van der Waals surface area contributed by atoms with E-state index in [-0.39, 0.29) is 0 Å². The Morgan fingerprint density at radius 3 is 2.75 bits per heavy atom. The summed E-state index contributed by atoms with van der Waals surface area (Å²) in [7, 11) is 2.13. The lowest BCUT2D eigenvalue weighted by Gasteiger charge is -2.35. The van der Waals surface area contributed by atoms with Gasteiger partial charge in [0.15, 0.2) is 0 Å². The van der Waals surface area contributed by atoms with Gasteiger partial charge in [-0.3, -0.25) is 0 Å². The fourth-order valence-electron chi connectivity index (χ4n) is 4.00. The zero-order valence-electron chi connectivity index (χ0n) is 12.7. The van der Waals surface area contributed by atoms with Gasteiger partial charge in [-0.2, -0.15) is 0 Å². The molecule has 20 heavy (non-hydrogen) atoms. The summed E-state index contributed by atoms with van der Waals surface area (Å²) in [5.41, 5.74) is 4.39. The summed E-state index contributed by atoms with van der Waals surface area (Å²) in [5.74, 6) is 0. The molecule has 2 aromatic rings. The van der Waals surface area contributed by atoms with E-state index < -0.39 is 0 Å². The van der Waals surface area contributed by atoms with Crippen LogP contribution in [0.15, 0.2) is 12.5 Å². The first-order chi connectivity index (χ1) is 9.82. The first-order valence-corrected chi connectivity index (χ1v) is 7.80. The van der Waals surface area contributed by atoms with Gasteiger partial charge in [0.05, 0.1) is 0 Å². The first kappa shape index (κ1) is 13.6. The third-order valence-electron chi connectivity index (χ3n) is 4.82. The van der Waals surface area contributed by atoms with Crippen molar-refractivity contribution in [1.29, 1.82) is 0 Å². The summed E-state index contributed by atoms with van der Waals surface area (Å²) < 4.78 is 2.25. The smallest absolute Gasteiger partial charge is 0.143 e. The van der Waals surface area contributed by atoms with E-state index in [2.05, 4.69) is 26.9 Å². The maximum atomic E-state index is 4.46. The number of fused-ring (bicyclic) bond motifs is 4. The summed E-state index contributed by atoms with van der Waals surface area (Å²) in [6.45, 7) is 6.08. The molecule has 0 amide bonds. The van der Waals surface area contributed by atoms with Gasteiger partial charge in [-0.25, -0.2) is 9.97 Å². The van der Waals surface area contributed by atoms with E-state index >= 15 is 0 Å². The van der Waals surface area contributed by atoms with Gasteiger partial charge in [-0.15, -0.1) is 0 Å². The molecule has 1 fully saturated rings. The number of hydrogen-bond donors (Lipinski definition) is 1. The van der Waals surface area contributed by atoms with Crippen LogP contribution in [-0.2, 0) is 19.0 Å². The molecule has 0 bridgehead atoms. The van der Waals surface area contributed by atoms with E-state index in [0.29, 0.717) is 5.41 Å². The molecule has 0 saturated heterocycles. The Hall–Kier alpha value is -1.42. The van der Waals surface area contributed by atoms with Gasteiger partial charge in [0.2, 0.25) is 0 Å². The van der Waals surface area contributed by atoms with E-state index in [4.69, 9.17) is 0 Å². The number of nitrogens with zero attached hydrogens (tertiary/aromatic N) is 3. The average Bonchev–Trinajstić information content (AvgIpc) is 3.08. The normalized spacial score (nSPS) is 19.8. The van der Waals surface area contributed by atoms with Crippen LogP contribution in [0.2, 0.25) is 0 Å². The lowest BCUT2D eigenvalue weighted by molar-refractivity contribution is 0.374. The molecule has 0 aromatic carbocycles. The first-order valence-electron chi connectivity index (χ1n) is 7.80. The monoisotopic (exact) mass is 272 g/mol. The zero-order valence-corrected chi connectivity index (χ0v) is 12.7. The minimum absolute atomic E-state index is 0.345. The third kappa shape index (κ3) is 1.78. The number of hydrogen-bond acceptors (Lipinski definition) is 3. The molecule has 1 spiro atoms. The summed E-state index contributed by atoms with van der Waals surface area (Å²) in [5, 5.41) is 4.88. The highest BCUT2D eigenvalue weighted by Crippen LogP contribution is 2.46. The van der Waals surface area contributed by atoms with E-state index in [1.165, 1.54) is 42.3 Å². The standard InChI is InChI=1S/C14H18N4.C2H6/c1-18-11-7-15-8-14(4-2-3-5-14)12(11)10-6-16-9-17-13(10)18;1-2/h6,9,15H,2-5,7-8H2,1H3;1-2H3. The maximum absolute atomic E-state index is 4.46. The number of rotatable bonds is 0. The predicted molar refractivity (Wildman–Crippen MR) is 81.7 cm³/mol. The van der Waals surface area contributed by atoms with Gasteiger partial charge >= 0.3 is 0 Å². The minimum atomic E-state index is 0.345. The molecule has 3 heterocycles. The second-order valence-corrected chi connectivity index (χ2v) is 5.73. The summed E-state index contributed by atoms with van der Waals surface area (Å²) in [4.78, 5) is 8.71. The van der Waals surface area contributed by atoms with Crippen LogP contribution in [0.1, 0.15) is 50.8 Å². The lowest BCUT2D eigenvalue weighted by Crippen LogP contribution is -2.41. The molecule has 4 heteroatoms. The second-order valence-electron chi connectivity index (χ2n) is 5.73. The molecule has 4 nitrogen and oxygen atoms in total. The van der Waals surface area contributed by atoms with Crippen LogP contribution in [0.25, 0.3) is 11.0 Å². The van der Waals surface area contributed by atoms with Crippen LogP contribution in [0.3, 0.4) is 0 Å². The van der Waals surface area contributed by atoms with Crippen molar-refractivity contribution in [2.24, 2.45) is 7.05 Å². The molecule has 2 aromatic heterocycles. The Bertz CT molecular complexity index is 608. The highest BCUT2D eigenvalue weighted by molar-refractivity contribution is 5.83. The van der Waals surface area contributed by atoms with Crippen molar-refractivity contribution in [3.05, 3.63) is 23.8 Å². The van der Waals surface area contributed by atoms with Crippen LogP contribution in [0, 0.1) is 0 Å². The van der Waals surface area contributed by atoms with Crippen LogP contribution in [0.4, 0.5) is 0 Å². The van der Waals surface area contributed by atoms with Gasteiger partial charge in [0.1, 0.15) is 12.0 Å². The maximum Gasteiger partial charge on any atom is 0.143 e. The van der Waals surface area contributed by atoms with Crippen LogP contribution in [0.5, 0.6) is 0 Å². The molecule has 1 N–H and O–H groups in total. The molecule has 1 aliphatic heterocycles. The quantitative estimate of drug-likeness (QED) is 0.802. The van der Waals surface area contributed by atoms with E-state index in [1.54, 1.807) is 6.33 Å². The molecule has 2 aliphatic rings.